The maximum Gasteiger partial charge on any atom is 0.263 e. The van der Waals surface area contributed by atoms with E-state index in [1.807, 2.05) is 30.3 Å². The van der Waals surface area contributed by atoms with Gasteiger partial charge in [0.2, 0.25) is 0 Å². The molecule has 0 saturated heterocycles. The van der Waals surface area contributed by atoms with Crippen LogP contribution in [0.25, 0.3) is 10.8 Å². The van der Waals surface area contributed by atoms with Gasteiger partial charge >= 0.3 is 0 Å². The highest BCUT2D eigenvalue weighted by atomic mass is 16.3. The summed E-state index contributed by atoms with van der Waals surface area (Å²) in [6.07, 6.45) is 14.6. The zero-order valence-electron chi connectivity index (χ0n) is 18.2. The second-order valence-electron chi connectivity index (χ2n) is 8.42. The molecule has 31 heavy (non-hydrogen) atoms. The third-order valence-corrected chi connectivity index (χ3v) is 6.08. The molecule has 0 spiro atoms. The number of aromatic hydroxyl groups is 1. The maximum atomic E-state index is 12.8. The topological polar surface area (TPSA) is 85.2 Å². The van der Waals surface area contributed by atoms with Gasteiger partial charge in [0, 0.05) is 28.7 Å². The minimum Gasteiger partial charge on any atom is -0.507 e. The molecule has 2 aromatic rings. The van der Waals surface area contributed by atoms with E-state index in [1.54, 1.807) is 12.1 Å². The van der Waals surface area contributed by atoms with Crippen LogP contribution in [0, 0.1) is 11.3 Å². The number of fused-ring (bicyclic) bond motifs is 1. The average molecular weight is 420 g/mol. The number of amides is 1. The van der Waals surface area contributed by atoms with Crippen LogP contribution in [0.15, 0.2) is 48.2 Å². The van der Waals surface area contributed by atoms with Gasteiger partial charge in [-0.2, -0.15) is 5.26 Å². The zero-order chi connectivity index (χ0) is 21.9. The summed E-state index contributed by atoms with van der Waals surface area (Å²) in [5.74, 6) is -0.124. The molecule has 1 aliphatic rings. The maximum absolute atomic E-state index is 12.8. The van der Waals surface area contributed by atoms with E-state index in [9.17, 15) is 15.2 Å². The smallest absolute Gasteiger partial charge is 0.263 e. The summed E-state index contributed by atoms with van der Waals surface area (Å²) in [4.78, 5) is 12.8. The summed E-state index contributed by atoms with van der Waals surface area (Å²) in [6, 6.07) is 13.0. The monoisotopic (exact) mass is 419 g/mol. The quantitative estimate of drug-likeness (QED) is 0.409. The van der Waals surface area contributed by atoms with Crippen molar-refractivity contribution in [3.05, 3.63) is 48.2 Å². The number of anilines is 1. The van der Waals surface area contributed by atoms with Gasteiger partial charge in [-0.15, -0.1) is 0 Å². The Kier molecular flexibility index (Phi) is 8.78. The number of phenolic OH excluding ortho intramolecular Hbond substituents is 1. The van der Waals surface area contributed by atoms with Crippen LogP contribution >= 0.6 is 0 Å². The lowest BCUT2D eigenvalue weighted by Crippen LogP contribution is -2.35. The van der Waals surface area contributed by atoms with Crippen molar-refractivity contribution < 1.29 is 9.90 Å². The van der Waals surface area contributed by atoms with Gasteiger partial charge in [0.1, 0.15) is 17.4 Å². The molecule has 0 aliphatic heterocycles. The fraction of sp³-hybridized carbons (Fsp3) is 0.462. The van der Waals surface area contributed by atoms with Gasteiger partial charge in [-0.05, 0) is 25.0 Å². The standard InChI is InChI=1S/C26H33N3O2/c27-18-20(19-28-24-16-10-15-23-22(24)14-11-17-25(23)30)26(31)29-21-12-8-6-4-2-1-3-5-7-9-13-21/h10-11,14-17,19,21,28,30H,1-9,12-13H2,(H,29,31)/b20-19-. The third-order valence-electron chi connectivity index (χ3n) is 6.08. The number of nitrogens with one attached hydrogen (secondary N) is 2. The largest absolute Gasteiger partial charge is 0.507 e. The molecular weight excluding hydrogens is 386 g/mol. The molecule has 5 nitrogen and oxygen atoms in total. The van der Waals surface area contributed by atoms with Crippen LogP contribution in [0.3, 0.4) is 0 Å². The van der Waals surface area contributed by atoms with Gasteiger partial charge in [0.15, 0.2) is 0 Å². The van der Waals surface area contributed by atoms with Crippen molar-refractivity contribution in [1.82, 2.24) is 5.32 Å². The van der Waals surface area contributed by atoms with E-state index in [0.29, 0.717) is 0 Å². The van der Waals surface area contributed by atoms with Crippen LogP contribution in [0.4, 0.5) is 5.69 Å². The summed E-state index contributed by atoms with van der Waals surface area (Å²) in [5, 5.41) is 27.3. The van der Waals surface area contributed by atoms with E-state index in [2.05, 4.69) is 10.6 Å². The van der Waals surface area contributed by atoms with Gasteiger partial charge in [-0.25, -0.2) is 0 Å². The first-order chi connectivity index (χ1) is 15.2. The molecule has 164 valence electrons. The normalized spacial score (nSPS) is 17.2. The highest BCUT2D eigenvalue weighted by Gasteiger charge is 2.16. The second-order valence-corrected chi connectivity index (χ2v) is 8.42. The Labute approximate surface area is 185 Å². The molecule has 0 aromatic heterocycles. The SMILES string of the molecule is N#C/C(=C/Nc1cccc2c(O)cccc12)C(=O)NC1CCCCCCCCCCC1. The molecule has 0 radical (unpaired) electrons. The van der Waals surface area contributed by atoms with Crippen molar-refractivity contribution in [3.8, 4) is 11.8 Å². The number of carbonyl (C=O) groups is 1. The molecule has 3 N–H and O–H groups in total. The van der Waals surface area contributed by atoms with Crippen molar-refractivity contribution in [2.75, 3.05) is 5.32 Å². The van der Waals surface area contributed by atoms with Crippen LogP contribution in [0.1, 0.15) is 70.6 Å². The summed E-state index contributed by atoms with van der Waals surface area (Å²) in [5.41, 5.74) is 0.795. The van der Waals surface area contributed by atoms with Crippen molar-refractivity contribution in [2.45, 2.75) is 76.7 Å². The van der Waals surface area contributed by atoms with Gasteiger partial charge in [-0.3, -0.25) is 4.79 Å². The Balaban J connectivity index is 1.65. The number of benzene rings is 2. The Morgan fingerprint density at radius 1 is 0.903 bits per heavy atom. The fourth-order valence-electron chi connectivity index (χ4n) is 4.29. The van der Waals surface area contributed by atoms with Crippen molar-refractivity contribution in [3.63, 3.8) is 0 Å². The van der Waals surface area contributed by atoms with Crippen LogP contribution < -0.4 is 10.6 Å². The lowest BCUT2D eigenvalue weighted by atomic mass is 9.97. The van der Waals surface area contributed by atoms with Crippen molar-refractivity contribution in [2.24, 2.45) is 0 Å². The average Bonchev–Trinajstić information content (AvgIpc) is 2.76. The van der Waals surface area contributed by atoms with Crippen molar-refractivity contribution >= 4 is 22.4 Å². The number of carbonyl (C=O) groups excluding carboxylic acids is 1. The van der Waals surface area contributed by atoms with E-state index < -0.39 is 0 Å². The van der Waals surface area contributed by atoms with Crippen LogP contribution in [0.2, 0.25) is 0 Å². The molecule has 3 rings (SSSR count). The number of hydrogen-bond acceptors (Lipinski definition) is 4. The third kappa shape index (κ3) is 6.75. The molecule has 1 fully saturated rings. The minimum absolute atomic E-state index is 0.0586. The second kappa shape index (κ2) is 12.0. The minimum atomic E-state index is -0.324. The molecule has 0 atom stereocenters. The summed E-state index contributed by atoms with van der Waals surface area (Å²) >= 11 is 0. The van der Waals surface area contributed by atoms with Crippen LogP contribution in [-0.2, 0) is 4.79 Å². The number of phenols is 1. The molecule has 0 unspecified atom stereocenters. The molecule has 5 heteroatoms. The summed E-state index contributed by atoms with van der Waals surface area (Å²) in [7, 11) is 0. The first kappa shape index (κ1) is 22.7. The number of hydrogen-bond donors (Lipinski definition) is 3. The predicted octanol–water partition coefficient (Wildman–Crippen LogP) is 6.15. The van der Waals surface area contributed by atoms with Gasteiger partial charge in [0.05, 0.1) is 0 Å². The highest BCUT2D eigenvalue weighted by Crippen LogP contribution is 2.29. The number of rotatable bonds is 4. The molecule has 0 bridgehead atoms. The first-order valence-electron chi connectivity index (χ1n) is 11.6. The van der Waals surface area contributed by atoms with E-state index in [1.165, 1.54) is 51.1 Å². The number of nitrogens with zero attached hydrogens (tertiary/aromatic N) is 1. The van der Waals surface area contributed by atoms with Crippen molar-refractivity contribution in [1.29, 1.82) is 5.26 Å². The van der Waals surface area contributed by atoms with E-state index in [-0.39, 0.29) is 23.3 Å². The lowest BCUT2D eigenvalue weighted by Gasteiger charge is -2.19. The Morgan fingerprint density at radius 3 is 2.13 bits per heavy atom. The molecule has 1 amide bonds. The predicted molar refractivity (Wildman–Crippen MR) is 126 cm³/mol. The highest BCUT2D eigenvalue weighted by molar-refractivity contribution is 6.00. The summed E-state index contributed by atoms with van der Waals surface area (Å²) in [6.45, 7) is 0. The van der Waals surface area contributed by atoms with Gasteiger partial charge < -0.3 is 15.7 Å². The lowest BCUT2D eigenvalue weighted by molar-refractivity contribution is -0.117. The van der Waals surface area contributed by atoms with Gasteiger partial charge in [0.25, 0.3) is 5.91 Å². The van der Waals surface area contributed by atoms with E-state index >= 15 is 0 Å². The molecule has 1 aliphatic carbocycles. The Hall–Kier alpha value is -3.00. The Morgan fingerprint density at radius 2 is 1.48 bits per heavy atom. The Bertz CT molecular complexity index is 933. The first-order valence-corrected chi connectivity index (χ1v) is 11.6. The van der Waals surface area contributed by atoms with Gasteiger partial charge in [-0.1, -0.05) is 82.1 Å². The molecule has 1 saturated carbocycles. The molecule has 0 heterocycles. The van der Waals surface area contributed by atoms with Crippen LogP contribution in [0.5, 0.6) is 5.75 Å². The summed E-state index contributed by atoms with van der Waals surface area (Å²) < 4.78 is 0. The van der Waals surface area contributed by atoms with E-state index in [0.717, 1.165) is 42.1 Å². The fourth-order valence-corrected chi connectivity index (χ4v) is 4.29. The number of nitriles is 1. The van der Waals surface area contributed by atoms with Crippen LogP contribution in [-0.4, -0.2) is 17.1 Å². The zero-order valence-corrected chi connectivity index (χ0v) is 18.2. The van der Waals surface area contributed by atoms with E-state index in [4.69, 9.17) is 0 Å². The molecular formula is C26H33N3O2. The molecule has 2 aromatic carbocycles.